The van der Waals surface area contributed by atoms with Gasteiger partial charge in [-0.05, 0) is 38.0 Å². The Labute approximate surface area is 125 Å². The monoisotopic (exact) mass is 290 g/mol. The molecule has 0 bridgehead atoms. The van der Waals surface area contributed by atoms with Gasteiger partial charge in [-0.1, -0.05) is 0 Å². The molecular weight excluding hydrogens is 268 g/mol. The summed E-state index contributed by atoms with van der Waals surface area (Å²) in [5.41, 5.74) is 7.02. The molecule has 0 saturated carbocycles. The van der Waals surface area contributed by atoms with Gasteiger partial charge in [-0.3, -0.25) is 14.5 Å². The van der Waals surface area contributed by atoms with Crippen LogP contribution in [0.15, 0.2) is 18.2 Å². The van der Waals surface area contributed by atoms with Crippen molar-refractivity contribution in [2.45, 2.75) is 32.4 Å². The Morgan fingerprint density at radius 2 is 2.24 bits per heavy atom. The third kappa shape index (κ3) is 3.61. The molecule has 1 saturated heterocycles. The van der Waals surface area contributed by atoms with E-state index in [-0.39, 0.29) is 11.8 Å². The number of hydrogen-bond acceptors (Lipinski definition) is 4. The average molecular weight is 290 g/mol. The fourth-order valence-corrected chi connectivity index (χ4v) is 2.85. The lowest BCUT2D eigenvalue weighted by Crippen LogP contribution is -2.45. The molecule has 0 spiro atoms. The average Bonchev–Trinajstić information content (AvgIpc) is 2.49. The quantitative estimate of drug-likeness (QED) is 0.836. The Morgan fingerprint density at radius 1 is 1.48 bits per heavy atom. The fraction of sp³-hybridized carbons (Fsp3) is 0.500. The molecule has 5 heteroatoms. The highest BCUT2D eigenvalue weighted by atomic mass is 16.5. The molecule has 0 aromatic heterocycles. The molecule has 1 amide bonds. The zero-order chi connectivity index (χ0) is 15.4. The highest BCUT2D eigenvalue weighted by Crippen LogP contribution is 2.27. The molecule has 1 aliphatic rings. The first kappa shape index (κ1) is 15.5. The van der Waals surface area contributed by atoms with E-state index in [1.165, 1.54) is 0 Å². The maximum absolute atomic E-state index is 11.4. The Morgan fingerprint density at radius 3 is 2.86 bits per heavy atom. The number of carbonyl (C=O) groups is 2. The summed E-state index contributed by atoms with van der Waals surface area (Å²) >= 11 is 0. The number of ether oxygens (including phenoxy) is 1. The zero-order valence-corrected chi connectivity index (χ0v) is 12.5. The van der Waals surface area contributed by atoms with Crippen LogP contribution in [0.4, 0.5) is 0 Å². The topological polar surface area (TPSA) is 72.6 Å². The summed E-state index contributed by atoms with van der Waals surface area (Å²) in [5.74, 6) is 0.427. The lowest BCUT2D eigenvalue weighted by Gasteiger charge is -2.37. The largest absolute Gasteiger partial charge is 0.496 e. The minimum absolute atomic E-state index is 0.0959. The van der Waals surface area contributed by atoms with Gasteiger partial charge in [0.2, 0.25) is 5.91 Å². The van der Waals surface area contributed by atoms with Gasteiger partial charge >= 0.3 is 0 Å². The summed E-state index contributed by atoms with van der Waals surface area (Å²) in [7, 11) is 1.62. The normalized spacial score (nSPS) is 22.8. The second-order valence-electron chi connectivity index (χ2n) is 5.64. The first-order chi connectivity index (χ1) is 10.0. The van der Waals surface area contributed by atoms with E-state index in [4.69, 9.17) is 10.5 Å². The first-order valence-corrected chi connectivity index (χ1v) is 7.20. The van der Waals surface area contributed by atoms with Gasteiger partial charge in [0.1, 0.15) is 12.0 Å². The highest BCUT2D eigenvalue weighted by Gasteiger charge is 2.29. The maximum Gasteiger partial charge on any atom is 0.221 e. The van der Waals surface area contributed by atoms with Gasteiger partial charge in [0.25, 0.3) is 0 Å². The van der Waals surface area contributed by atoms with E-state index in [0.717, 1.165) is 30.4 Å². The van der Waals surface area contributed by atoms with Crippen molar-refractivity contribution in [2.75, 3.05) is 13.7 Å². The summed E-state index contributed by atoms with van der Waals surface area (Å²) in [5, 5.41) is 0. The maximum atomic E-state index is 11.4. The number of primary amides is 1. The van der Waals surface area contributed by atoms with Gasteiger partial charge in [0.15, 0.2) is 0 Å². The van der Waals surface area contributed by atoms with E-state index in [2.05, 4.69) is 11.8 Å². The van der Waals surface area contributed by atoms with Gasteiger partial charge in [0, 0.05) is 30.3 Å². The van der Waals surface area contributed by atoms with Crippen LogP contribution in [0.1, 0.15) is 35.7 Å². The Kier molecular flexibility index (Phi) is 4.96. The second kappa shape index (κ2) is 6.72. The predicted molar refractivity (Wildman–Crippen MR) is 80.2 cm³/mol. The number of amides is 1. The van der Waals surface area contributed by atoms with Crippen LogP contribution >= 0.6 is 0 Å². The van der Waals surface area contributed by atoms with E-state index in [0.29, 0.717) is 24.7 Å². The van der Waals surface area contributed by atoms with Gasteiger partial charge in [0.05, 0.1) is 13.0 Å². The van der Waals surface area contributed by atoms with Crippen LogP contribution in [0.2, 0.25) is 0 Å². The van der Waals surface area contributed by atoms with Crippen LogP contribution in [0.5, 0.6) is 5.75 Å². The highest BCUT2D eigenvalue weighted by molar-refractivity contribution is 5.77. The van der Waals surface area contributed by atoms with E-state index >= 15 is 0 Å². The molecule has 5 nitrogen and oxygen atoms in total. The van der Waals surface area contributed by atoms with E-state index in [1.807, 2.05) is 6.07 Å². The van der Waals surface area contributed by atoms with Gasteiger partial charge in [-0.15, -0.1) is 0 Å². The molecule has 0 radical (unpaired) electrons. The molecule has 114 valence electrons. The summed E-state index contributed by atoms with van der Waals surface area (Å²) in [6, 6.07) is 5.76. The molecule has 0 aliphatic carbocycles. The third-order valence-electron chi connectivity index (χ3n) is 4.23. The number of piperidine rings is 1. The number of likely N-dealkylation sites (tertiary alicyclic amines) is 1. The minimum atomic E-state index is -0.236. The van der Waals surface area contributed by atoms with Crippen molar-refractivity contribution in [2.24, 2.45) is 11.7 Å². The molecule has 1 aromatic carbocycles. The van der Waals surface area contributed by atoms with E-state index < -0.39 is 0 Å². The zero-order valence-electron chi connectivity index (χ0n) is 12.5. The van der Waals surface area contributed by atoms with E-state index in [1.54, 1.807) is 19.2 Å². The summed E-state index contributed by atoms with van der Waals surface area (Å²) in [4.78, 5) is 24.6. The Hall–Kier alpha value is -1.88. The summed E-state index contributed by atoms with van der Waals surface area (Å²) in [6.45, 7) is 3.45. The van der Waals surface area contributed by atoms with Crippen molar-refractivity contribution < 1.29 is 14.3 Å². The Balaban J connectivity index is 2.19. The van der Waals surface area contributed by atoms with Crippen LogP contribution in [0.3, 0.4) is 0 Å². The molecule has 21 heavy (non-hydrogen) atoms. The number of benzene rings is 1. The summed E-state index contributed by atoms with van der Waals surface area (Å²) < 4.78 is 5.36. The predicted octanol–water partition coefficient (Wildman–Crippen LogP) is 1.59. The third-order valence-corrected chi connectivity index (χ3v) is 4.23. The molecule has 1 fully saturated rings. The SMILES string of the molecule is COc1ccc(C=O)cc1CN1CC(C(N)=O)CCC1C. The number of methoxy groups -OCH3 is 1. The number of nitrogens with two attached hydrogens (primary N) is 1. The van der Waals surface area contributed by atoms with Gasteiger partial charge in [-0.2, -0.15) is 0 Å². The molecule has 1 heterocycles. The van der Waals surface area contributed by atoms with E-state index in [9.17, 15) is 9.59 Å². The van der Waals surface area contributed by atoms with Crippen molar-refractivity contribution in [1.82, 2.24) is 4.90 Å². The number of carbonyl (C=O) groups excluding carboxylic acids is 2. The van der Waals surface area contributed by atoms with Crippen molar-refractivity contribution in [3.8, 4) is 5.75 Å². The van der Waals surface area contributed by atoms with Crippen LogP contribution in [-0.2, 0) is 11.3 Å². The fourth-order valence-electron chi connectivity index (χ4n) is 2.85. The summed E-state index contributed by atoms with van der Waals surface area (Å²) in [6.07, 6.45) is 2.62. The molecule has 1 aromatic rings. The molecule has 2 unspecified atom stereocenters. The van der Waals surface area contributed by atoms with Crippen molar-refractivity contribution in [3.63, 3.8) is 0 Å². The standard InChI is InChI=1S/C16H22N2O3/c1-11-3-5-13(16(17)20)8-18(11)9-14-7-12(10-19)4-6-15(14)21-2/h4,6-7,10-11,13H,3,5,8-9H2,1-2H3,(H2,17,20). The van der Waals surface area contributed by atoms with Crippen molar-refractivity contribution in [1.29, 1.82) is 0 Å². The number of aldehydes is 1. The Bertz CT molecular complexity index is 530. The molecular formula is C16H22N2O3. The molecule has 1 aliphatic heterocycles. The minimum Gasteiger partial charge on any atom is -0.496 e. The van der Waals surface area contributed by atoms with Crippen molar-refractivity contribution >= 4 is 12.2 Å². The molecule has 2 atom stereocenters. The smallest absolute Gasteiger partial charge is 0.221 e. The lowest BCUT2D eigenvalue weighted by atomic mass is 9.92. The second-order valence-corrected chi connectivity index (χ2v) is 5.64. The number of rotatable bonds is 5. The number of hydrogen-bond donors (Lipinski definition) is 1. The van der Waals surface area contributed by atoms with Crippen LogP contribution in [-0.4, -0.2) is 36.8 Å². The lowest BCUT2D eigenvalue weighted by molar-refractivity contribution is -0.124. The van der Waals surface area contributed by atoms with Gasteiger partial charge in [-0.25, -0.2) is 0 Å². The molecule has 2 N–H and O–H groups in total. The van der Waals surface area contributed by atoms with Crippen molar-refractivity contribution in [3.05, 3.63) is 29.3 Å². The molecule has 2 rings (SSSR count). The van der Waals surface area contributed by atoms with Crippen LogP contribution in [0, 0.1) is 5.92 Å². The van der Waals surface area contributed by atoms with Crippen LogP contribution in [0.25, 0.3) is 0 Å². The van der Waals surface area contributed by atoms with Crippen LogP contribution < -0.4 is 10.5 Å². The number of nitrogens with zero attached hydrogens (tertiary/aromatic N) is 1. The first-order valence-electron chi connectivity index (χ1n) is 7.20. The van der Waals surface area contributed by atoms with Gasteiger partial charge < -0.3 is 10.5 Å².